The summed E-state index contributed by atoms with van der Waals surface area (Å²) in [4.78, 5) is 44.2. The second-order valence-electron chi connectivity index (χ2n) is 8.83. The Hall–Kier alpha value is -4.14. The number of aryl methyl sites for hydroxylation is 2. The number of anilines is 1. The maximum atomic E-state index is 12.8. The van der Waals surface area contributed by atoms with Gasteiger partial charge in [0.2, 0.25) is 11.9 Å². The Balaban J connectivity index is 1.24. The third-order valence-corrected chi connectivity index (χ3v) is 6.53. The first kappa shape index (κ1) is 22.6. The van der Waals surface area contributed by atoms with Crippen LogP contribution in [0.1, 0.15) is 47.7 Å². The number of carbonyl (C=O) groups excluding carboxylic acids is 2. The topological polar surface area (TPSA) is 133 Å². The van der Waals surface area contributed by atoms with Gasteiger partial charge in [-0.2, -0.15) is 0 Å². The third kappa shape index (κ3) is 4.75. The second-order valence-corrected chi connectivity index (χ2v) is 8.83. The predicted octanol–water partition coefficient (Wildman–Crippen LogP) is 3.61. The van der Waals surface area contributed by atoms with E-state index in [1.54, 1.807) is 0 Å². The summed E-state index contributed by atoms with van der Waals surface area (Å²) in [6, 6.07) is 14.6. The van der Waals surface area contributed by atoms with E-state index in [0.717, 1.165) is 59.3 Å². The number of aromatic amines is 1. The van der Waals surface area contributed by atoms with Crippen LogP contribution in [0, 0.1) is 0 Å². The van der Waals surface area contributed by atoms with E-state index >= 15 is 0 Å². The fourth-order valence-electron chi connectivity index (χ4n) is 4.88. The van der Waals surface area contributed by atoms with Crippen LogP contribution in [0.3, 0.4) is 0 Å². The van der Waals surface area contributed by atoms with Crippen molar-refractivity contribution in [2.75, 3.05) is 11.9 Å². The smallest absolute Gasteiger partial charge is 0.407 e. The monoisotopic (exact) mass is 474 g/mol. The summed E-state index contributed by atoms with van der Waals surface area (Å²) in [5.41, 5.74) is 6.20. The number of carboxylic acids is 1. The van der Waals surface area contributed by atoms with Crippen LogP contribution < -0.4 is 10.6 Å². The van der Waals surface area contributed by atoms with Crippen LogP contribution in [-0.4, -0.2) is 45.7 Å². The molecule has 2 aromatic carbocycles. The molecule has 2 amide bonds. The van der Waals surface area contributed by atoms with Crippen molar-refractivity contribution in [1.82, 2.24) is 15.3 Å². The van der Waals surface area contributed by atoms with Gasteiger partial charge in [-0.05, 0) is 47.9 Å². The molecular weight excluding hydrogens is 448 g/mol. The molecule has 0 radical (unpaired) electrons. The van der Waals surface area contributed by atoms with E-state index in [4.69, 9.17) is 4.74 Å². The molecule has 5 rings (SSSR count). The van der Waals surface area contributed by atoms with E-state index in [1.165, 1.54) is 0 Å². The van der Waals surface area contributed by atoms with Crippen molar-refractivity contribution in [2.24, 2.45) is 0 Å². The fraction of sp³-hybridized carbons (Fsp3) is 0.308. The molecule has 0 spiro atoms. The van der Waals surface area contributed by atoms with Crippen molar-refractivity contribution >= 4 is 23.9 Å². The number of imidazole rings is 1. The van der Waals surface area contributed by atoms with Gasteiger partial charge in [-0.15, -0.1) is 0 Å². The molecular formula is C26H26N4O5. The number of carbonyl (C=O) groups is 3. The van der Waals surface area contributed by atoms with Crippen LogP contribution in [0.2, 0.25) is 0 Å². The van der Waals surface area contributed by atoms with E-state index in [-0.39, 0.29) is 18.5 Å². The number of nitrogens with zero attached hydrogens (tertiary/aromatic N) is 1. The number of hydrogen-bond donors (Lipinski definition) is 4. The average Bonchev–Trinajstić information content (AvgIpc) is 3.40. The zero-order valence-electron chi connectivity index (χ0n) is 19.0. The lowest BCUT2D eigenvalue weighted by Gasteiger charge is -2.18. The van der Waals surface area contributed by atoms with Gasteiger partial charge in [0.1, 0.15) is 12.6 Å². The van der Waals surface area contributed by atoms with Crippen LogP contribution in [0.25, 0.3) is 11.1 Å². The highest BCUT2D eigenvalue weighted by Crippen LogP contribution is 2.44. The molecule has 2 aliphatic rings. The van der Waals surface area contributed by atoms with Crippen molar-refractivity contribution in [1.29, 1.82) is 0 Å². The standard InChI is InChI=1S/C26H26N4O5/c31-23(32)13-22(24(33)30-25-27-20-11-5-6-12-21(20)28-25)29-26(34)35-14-19-17-9-3-1-7-15(17)16-8-2-4-10-18(16)19/h1-4,7-10,19,22H,5-6,11-14H2,(H,29,34)(H,31,32)(H2,27,28,30,33). The van der Waals surface area contributed by atoms with Gasteiger partial charge in [-0.1, -0.05) is 48.5 Å². The summed E-state index contributed by atoms with van der Waals surface area (Å²) < 4.78 is 5.47. The lowest BCUT2D eigenvalue weighted by Crippen LogP contribution is -2.45. The number of H-pyrrole nitrogens is 1. The molecule has 0 saturated carbocycles. The molecule has 9 heteroatoms. The number of nitrogens with one attached hydrogen (secondary N) is 3. The maximum absolute atomic E-state index is 12.8. The summed E-state index contributed by atoms with van der Waals surface area (Å²) in [6.07, 6.45) is 2.33. The Labute approximate surface area is 201 Å². The number of benzene rings is 2. The minimum atomic E-state index is -1.31. The van der Waals surface area contributed by atoms with Gasteiger partial charge in [0.05, 0.1) is 12.1 Å². The van der Waals surface area contributed by atoms with Crippen LogP contribution in [0.4, 0.5) is 10.7 Å². The zero-order chi connectivity index (χ0) is 24.4. The highest BCUT2D eigenvalue weighted by atomic mass is 16.5. The SMILES string of the molecule is O=C(O)CC(NC(=O)OCC1c2ccccc2-c2ccccc21)C(=O)Nc1nc2c([nH]1)CCCC2. The molecule has 0 saturated heterocycles. The Morgan fingerprint density at radius 3 is 2.34 bits per heavy atom. The summed E-state index contributed by atoms with van der Waals surface area (Å²) in [5.74, 6) is -1.78. The van der Waals surface area contributed by atoms with Gasteiger partial charge >= 0.3 is 12.1 Å². The van der Waals surface area contributed by atoms with E-state index < -0.39 is 30.4 Å². The zero-order valence-corrected chi connectivity index (χ0v) is 19.0. The van der Waals surface area contributed by atoms with E-state index in [1.807, 2.05) is 48.5 Å². The van der Waals surface area contributed by atoms with Crippen molar-refractivity contribution in [3.05, 3.63) is 71.0 Å². The van der Waals surface area contributed by atoms with Crippen molar-refractivity contribution in [2.45, 2.75) is 44.1 Å². The second kappa shape index (κ2) is 9.61. The molecule has 9 nitrogen and oxygen atoms in total. The van der Waals surface area contributed by atoms with Gasteiger partial charge < -0.3 is 20.1 Å². The molecule has 3 aromatic rings. The number of amides is 2. The quantitative estimate of drug-likeness (QED) is 0.413. The number of carboxylic acid groups (broad SMARTS) is 1. The number of aliphatic carboxylic acids is 1. The van der Waals surface area contributed by atoms with Crippen LogP contribution in [-0.2, 0) is 27.2 Å². The first-order valence-corrected chi connectivity index (χ1v) is 11.7. The first-order valence-electron chi connectivity index (χ1n) is 11.7. The van der Waals surface area contributed by atoms with E-state index in [2.05, 4.69) is 20.6 Å². The number of rotatable bonds is 7. The Morgan fingerprint density at radius 1 is 1.03 bits per heavy atom. The third-order valence-electron chi connectivity index (χ3n) is 6.53. The van der Waals surface area contributed by atoms with Gasteiger partial charge in [0.15, 0.2) is 0 Å². The fourth-order valence-corrected chi connectivity index (χ4v) is 4.88. The Bertz CT molecular complexity index is 1220. The predicted molar refractivity (Wildman–Crippen MR) is 128 cm³/mol. The maximum Gasteiger partial charge on any atom is 0.407 e. The number of alkyl carbamates (subject to hydrolysis) is 1. The van der Waals surface area contributed by atoms with Gasteiger partial charge in [-0.25, -0.2) is 9.78 Å². The summed E-state index contributed by atoms with van der Waals surface area (Å²) >= 11 is 0. The van der Waals surface area contributed by atoms with Crippen molar-refractivity contribution < 1.29 is 24.2 Å². The van der Waals surface area contributed by atoms with Gasteiger partial charge in [-0.3, -0.25) is 14.9 Å². The molecule has 1 aromatic heterocycles. The lowest BCUT2D eigenvalue weighted by atomic mass is 9.98. The summed E-state index contributed by atoms with van der Waals surface area (Å²) in [5, 5.41) is 14.3. The molecule has 1 atom stereocenters. The number of fused-ring (bicyclic) bond motifs is 4. The normalized spacial score (nSPS) is 14.9. The molecule has 0 fully saturated rings. The van der Waals surface area contributed by atoms with Crippen molar-refractivity contribution in [3.63, 3.8) is 0 Å². The van der Waals surface area contributed by atoms with Gasteiger partial charge in [0.25, 0.3) is 0 Å². The summed E-state index contributed by atoms with van der Waals surface area (Å²) in [6.45, 7) is 0.0617. The average molecular weight is 475 g/mol. The molecule has 1 unspecified atom stereocenters. The molecule has 2 aliphatic carbocycles. The molecule has 0 aliphatic heterocycles. The molecule has 180 valence electrons. The Morgan fingerprint density at radius 2 is 1.69 bits per heavy atom. The van der Waals surface area contributed by atoms with Crippen LogP contribution in [0.5, 0.6) is 0 Å². The Kier molecular flexibility index (Phi) is 6.22. The lowest BCUT2D eigenvalue weighted by molar-refractivity contribution is -0.139. The van der Waals surface area contributed by atoms with Crippen LogP contribution >= 0.6 is 0 Å². The van der Waals surface area contributed by atoms with E-state index in [0.29, 0.717) is 0 Å². The highest BCUT2D eigenvalue weighted by molar-refractivity contribution is 5.97. The first-order chi connectivity index (χ1) is 17.0. The largest absolute Gasteiger partial charge is 0.481 e. The minimum Gasteiger partial charge on any atom is -0.481 e. The minimum absolute atomic E-state index is 0.0617. The van der Waals surface area contributed by atoms with Gasteiger partial charge in [0, 0.05) is 11.6 Å². The molecule has 4 N–H and O–H groups in total. The summed E-state index contributed by atoms with van der Waals surface area (Å²) in [7, 11) is 0. The number of aromatic nitrogens is 2. The molecule has 0 bridgehead atoms. The molecule has 35 heavy (non-hydrogen) atoms. The number of ether oxygens (including phenoxy) is 1. The molecule has 1 heterocycles. The number of hydrogen-bond acceptors (Lipinski definition) is 5. The van der Waals surface area contributed by atoms with E-state index in [9.17, 15) is 19.5 Å². The highest BCUT2D eigenvalue weighted by Gasteiger charge is 2.30. The van der Waals surface area contributed by atoms with Crippen molar-refractivity contribution in [3.8, 4) is 11.1 Å². The van der Waals surface area contributed by atoms with Crippen LogP contribution in [0.15, 0.2) is 48.5 Å².